The van der Waals surface area contributed by atoms with Crippen molar-refractivity contribution in [3.8, 4) is 17.5 Å². The third-order valence-electron chi connectivity index (χ3n) is 5.31. The van der Waals surface area contributed by atoms with E-state index in [9.17, 15) is 10.4 Å². The van der Waals surface area contributed by atoms with Crippen LogP contribution >= 0.6 is 11.8 Å². The second-order valence-corrected chi connectivity index (χ2v) is 8.62. The third kappa shape index (κ3) is 4.71. The van der Waals surface area contributed by atoms with E-state index < -0.39 is 5.25 Å². The molecule has 4 rings (SSSR count). The Kier molecular flexibility index (Phi) is 6.66. The Hall–Kier alpha value is -3.77. The molecule has 2 heterocycles. The van der Waals surface area contributed by atoms with Crippen LogP contribution in [0.25, 0.3) is 28.1 Å². The van der Waals surface area contributed by atoms with Crippen LogP contribution in [0, 0.1) is 11.3 Å². The van der Waals surface area contributed by atoms with Crippen molar-refractivity contribution in [2.45, 2.75) is 31.2 Å². The van der Waals surface area contributed by atoms with Gasteiger partial charge in [-0.15, -0.1) is 10.2 Å². The maximum atomic E-state index is 10.8. The molecule has 0 spiro atoms. The van der Waals surface area contributed by atoms with E-state index in [4.69, 9.17) is 4.42 Å². The number of nitrogens with one attached hydrogen (secondary N) is 1. The summed E-state index contributed by atoms with van der Waals surface area (Å²) in [5, 5.41) is 28.4. The summed E-state index contributed by atoms with van der Waals surface area (Å²) in [7, 11) is 0. The second-order valence-electron chi connectivity index (χ2n) is 7.33. The molecule has 2 aromatic heterocycles. The lowest BCUT2D eigenvalue weighted by molar-refractivity contribution is 0.399. The number of hydrogen-bond donors (Lipinski definition) is 2. The SMILES string of the molecule is CCN(CC)c1ccc(-c2nnc(SC(C)/C(O)=C(\C#N)c3nc4ccccc4[nH]3)o2)cc1. The number of aromatic amines is 1. The number of nitriles is 1. The number of nitrogens with zero attached hydrogens (tertiary/aromatic N) is 5. The number of benzene rings is 2. The molecule has 33 heavy (non-hydrogen) atoms. The van der Waals surface area contributed by atoms with Crippen molar-refractivity contribution in [2.75, 3.05) is 18.0 Å². The maximum absolute atomic E-state index is 10.8. The van der Waals surface area contributed by atoms with Crippen LogP contribution in [-0.2, 0) is 0 Å². The first-order chi connectivity index (χ1) is 16.0. The molecule has 0 fully saturated rings. The summed E-state index contributed by atoms with van der Waals surface area (Å²) in [5.41, 5.74) is 3.55. The lowest BCUT2D eigenvalue weighted by Crippen LogP contribution is -2.21. The van der Waals surface area contributed by atoms with Crippen LogP contribution in [0.5, 0.6) is 0 Å². The zero-order chi connectivity index (χ0) is 23.4. The molecule has 0 saturated carbocycles. The van der Waals surface area contributed by atoms with Gasteiger partial charge in [0.1, 0.15) is 17.4 Å². The number of imidazole rings is 1. The van der Waals surface area contributed by atoms with Crippen molar-refractivity contribution in [1.29, 1.82) is 5.26 Å². The normalized spacial score (nSPS) is 12.9. The number of allylic oxidation sites excluding steroid dienone is 1. The number of fused-ring (bicyclic) bond motifs is 1. The van der Waals surface area contributed by atoms with Crippen LogP contribution in [0.3, 0.4) is 0 Å². The van der Waals surface area contributed by atoms with Gasteiger partial charge in [-0.1, -0.05) is 23.9 Å². The average Bonchev–Trinajstić information content (AvgIpc) is 3.48. The van der Waals surface area contributed by atoms with Crippen LogP contribution in [-0.4, -0.2) is 43.6 Å². The van der Waals surface area contributed by atoms with Crippen molar-refractivity contribution in [1.82, 2.24) is 20.2 Å². The largest absolute Gasteiger partial charge is 0.510 e. The van der Waals surface area contributed by atoms with E-state index in [2.05, 4.69) is 45.0 Å². The maximum Gasteiger partial charge on any atom is 0.277 e. The molecule has 0 aliphatic carbocycles. The number of aromatic nitrogens is 4. The van der Waals surface area contributed by atoms with E-state index in [0.717, 1.165) is 35.4 Å². The van der Waals surface area contributed by atoms with Crippen molar-refractivity contribution >= 4 is 34.1 Å². The number of aliphatic hydroxyl groups excluding tert-OH is 1. The fraction of sp³-hybridized carbons (Fsp3) is 0.250. The molecule has 0 amide bonds. The van der Waals surface area contributed by atoms with Gasteiger partial charge in [0.2, 0.25) is 5.89 Å². The summed E-state index contributed by atoms with van der Waals surface area (Å²) in [6.07, 6.45) is 0. The number of anilines is 1. The van der Waals surface area contributed by atoms with E-state index in [-0.39, 0.29) is 11.3 Å². The zero-order valence-electron chi connectivity index (χ0n) is 18.6. The Morgan fingerprint density at radius 1 is 1.15 bits per heavy atom. The fourth-order valence-corrected chi connectivity index (χ4v) is 4.24. The average molecular weight is 461 g/mol. The van der Waals surface area contributed by atoms with E-state index in [1.807, 2.05) is 48.5 Å². The Morgan fingerprint density at radius 2 is 1.88 bits per heavy atom. The quantitative estimate of drug-likeness (QED) is 0.203. The van der Waals surface area contributed by atoms with Gasteiger partial charge in [0.25, 0.3) is 5.22 Å². The number of para-hydroxylation sites is 2. The molecule has 0 aliphatic rings. The second kappa shape index (κ2) is 9.79. The van der Waals surface area contributed by atoms with E-state index in [1.54, 1.807) is 6.92 Å². The van der Waals surface area contributed by atoms with Crippen molar-refractivity contribution in [3.05, 3.63) is 60.1 Å². The zero-order valence-corrected chi connectivity index (χ0v) is 19.4. The Bertz CT molecular complexity index is 1280. The molecule has 0 radical (unpaired) electrons. The van der Waals surface area contributed by atoms with E-state index in [1.165, 1.54) is 11.8 Å². The van der Waals surface area contributed by atoms with Gasteiger partial charge in [-0.25, -0.2) is 4.98 Å². The van der Waals surface area contributed by atoms with Crippen LogP contribution in [0.4, 0.5) is 5.69 Å². The highest BCUT2D eigenvalue weighted by atomic mass is 32.2. The van der Waals surface area contributed by atoms with Gasteiger partial charge in [0.05, 0.1) is 16.3 Å². The molecule has 168 valence electrons. The predicted octanol–water partition coefficient (Wildman–Crippen LogP) is 5.43. The summed E-state index contributed by atoms with van der Waals surface area (Å²) in [4.78, 5) is 9.74. The molecular weight excluding hydrogens is 436 g/mol. The minimum absolute atomic E-state index is 0.0814. The highest BCUT2D eigenvalue weighted by Gasteiger charge is 2.21. The lowest BCUT2D eigenvalue weighted by Gasteiger charge is -2.20. The first-order valence-electron chi connectivity index (χ1n) is 10.7. The van der Waals surface area contributed by atoms with E-state index in [0.29, 0.717) is 16.9 Å². The molecule has 0 aliphatic heterocycles. The van der Waals surface area contributed by atoms with Crippen molar-refractivity contribution in [3.63, 3.8) is 0 Å². The molecule has 1 atom stereocenters. The van der Waals surface area contributed by atoms with Crippen LogP contribution in [0.2, 0.25) is 0 Å². The molecular formula is C24H24N6O2S. The summed E-state index contributed by atoms with van der Waals surface area (Å²) in [6.45, 7) is 7.88. The molecule has 9 heteroatoms. The molecule has 8 nitrogen and oxygen atoms in total. The number of hydrogen-bond acceptors (Lipinski definition) is 8. The number of H-pyrrole nitrogens is 1. The van der Waals surface area contributed by atoms with Gasteiger partial charge >= 0.3 is 0 Å². The fourth-order valence-electron chi connectivity index (χ4n) is 3.49. The highest BCUT2D eigenvalue weighted by Crippen LogP contribution is 2.32. The number of thioether (sulfide) groups is 1. The lowest BCUT2D eigenvalue weighted by atomic mass is 10.2. The first-order valence-corrected chi connectivity index (χ1v) is 11.6. The molecule has 4 aromatic rings. The van der Waals surface area contributed by atoms with Gasteiger partial charge in [-0.3, -0.25) is 0 Å². The summed E-state index contributed by atoms with van der Waals surface area (Å²) < 4.78 is 5.80. The molecule has 0 saturated heterocycles. The standard InChI is InChI=1S/C24H24N6O2S/c1-4-30(5-2)17-12-10-16(11-13-17)23-28-29-24(32-23)33-15(3)21(31)18(14-25)22-26-19-8-6-7-9-20(19)27-22/h6-13,15,31H,4-5H2,1-3H3,(H,26,27)/b21-18-. The number of rotatable bonds is 8. The van der Waals surface area contributed by atoms with Crippen molar-refractivity contribution in [2.24, 2.45) is 0 Å². The summed E-state index contributed by atoms with van der Waals surface area (Å²) in [6, 6.07) is 17.5. The van der Waals surface area contributed by atoms with Gasteiger partial charge in [-0.2, -0.15) is 5.26 Å². The summed E-state index contributed by atoms with van der Waals surface area (Å²) >= 11 is 1.18. The molecule has 1 unspecified atom stereocenters. The Balaban J connectivity index is 1.51. The minimum Gasteiger partial charge on any atom is -0.510 e. The monoisotopic (exact) mass is 460 g/mol. The predicted molar refractivity (Wildman–Crippen MR) is 130 cm³/mol. The Morgan fingerprint density at radius 3 is 2.55 bits per heavy atom. The molecule has 2 aromatic carbocycles. The van der Waals surface area contributed by atoms with E-state index >= 15 is 0 Å². The summed E-state index contributed by atoms with van der Waals surface area (Å²) in [5.74, 6) is 0.616. The minimum atomic E-state index is -0.494. The number of aliphatic hydroxyl groups is 1. The van der Waals surface area contributed by atoms with Crippen molar-refractivity contribution < 1.29 is 9.52 Å². The smallest absolute Gasteiger partial charge is 0.277 e. The van der Waals surface area contributed by atoms with Gasteiger partial charge in [0, 0.05) is 24.3 Å². The molecule has 2 N–H and O–H groups in total. The van der Waals surface area contributed by atoms with Crippen LogP contribution in [0.1, 0.15) is 26.6 Å². The van der Waals surface area contributed by atoms with Crippen LogP contribution < -0.4 is 4.90 Å². The van der Waals surface area contributed by atoms with Crippen LogP contribution in [0.15, 0.2) is 63.9 Å². The topological polar surface area (TPSA) is 115 Å². The molecule has 0 bridgehead atoms. The first kappa shape index (κ1) is 22.4. The highest BCUT2D eigenvalue weighted by molar-refractivity contribution is 7.99. The Labute approximate surface area is 196 Å². The van der Waals surface area contributed by atoms with Gasteiger partial charge in [-0.05, 0) is 57.2 Å². The van der Waals surface area contributed by atoms with Gasteiger partial charge in [0.15, 0.2) is 5.82 Å². The third-order valence-corrected chi connectivity index (χ3v) is 6.25. The van der Waals surface area contributed by atoms with Gasteiger partial charge < -0.3 is 19.4 Å².